The van der Waals surface area contributed by atoms with Gasteiger partial charge in [0, 0.05) is 30.8 Å². The lowest BCUT2D eigenvalue weighted by Crippen LogP contribution is -2.56. The molecule has 0 aromatic heterocycles. The van der Waals surface area contributed by atoms with Gasteiger partial charge in [0.05, 0.1) is 14.2 Å². The summed E-state index contributed by atoms with van der Waals surface area (Å²) in [5.41, 5.74) is 2.11. The van der Waals surface area contributed by atoms with Gasteiger partial charge in [-0.3, -0.25) is 14.4 Å². The van der Waals surface area contributed by atoms with E-state index in [1.807, 2.05) is 24.3 Å². The monoisotopic (exact) mass is 437 g/mol. The number of carbonyl (C=O) groups excluding carboxylic acids is 3. The fourth-order valence-corrected chi connectivity index (χ4v) is 4.28. The number of hydrogen-bond donors (Lipinski definition) is 1. The van der Waals surface area contributed by atoms with Crippen LogP contribution in [0, 0.1) is 0 Å². The Labute approximate surface area is 187 Å². The molecule has 0 spiro atoms. The summed E-state index contributed by atoms with van der Waals surface area (Å²) in [7, 11) is 3.15. The van der Waals surface area contributed by atoms with Crippen LogP contribution in [0.5, 0.6) is 11.5 Å². The van der Waals surface area contributed by atoms with Gasteiger partial charge in [-0.15, -0.1) is 0 Å². The molecule has 168 valence electrons. The predicted octanol–water partition coefficient (Wildman–Crippen LogP) is 1.97. The van der Waals surface area contributed by atoms with Crippen LogP contribution >= 0.6 is 0 Å². The van der Waals surface area contributed by atoms with Gasteiger partial charge < -0.3 is 24.6 Å². The van der Waals surface area contributed by atoms with Gasteiger partial charge in [-0.05, 0) is 48.7 Å². The molecule has 2 aromatic carbocycles. The minimum atomic E-state index is -0.363. The number of nitrogens with zero attached hydrogens (tertiary/aromatic N) is 2. The van der Waals surface area contributed by atoms with E-state index in [0.29, 0.717) is 36.4 Å². The summed E-state index contributed by atoms with van der Waals surface area (Å²) in [6.07, 6.45) is 1.55. The summed E-state index contributed by atoms with van der Waals surface area (Å²) in [5, 5.41) is 2.91. The summed E-state index contributed by atoms with van der Waals surface area (Å²) in [4.78, 5) is 41.3. The highest BCUT2D eigenvalue weighted by atomic mass is 16.5. The molecule has 2 aliphatic heterocycles. The van der Waals surface area contributed by atoms with Crippen molar-refractivity contribution < 1.29 is 23.9 Å². The minimum absolute atomic E-state index is 0.0283. The standard InChI is InChI=1S/C24H27N3O5/c1-31-19-8-5-16(6-9-19)13-25-23(29)17-7-10-21(32-2)18(12-17)14-26-15-22(28)27-11-3-4-20(27)24(26)30/h5-10,12,20H,3-4,11,13-15H2,1-2H3,(H,25,29). The number of carbonyl (C=O) groups is 3. The molecule has 1 atom stereocenters. The third-order valence-corrected chi connectivity index (χ3v) is 6.01. The van der Waals surface area contributed by atoms with E-state index in [4.69, 9.17) is 9.47 Å². The van der Waals surface area contributed by atoms with Gasteiger partial charge >= 0.3 is 0 Å². The Morgan fingerprint density at radius 1 is 1.09 bits per heavy atom. The molecule has 1 unspecified atom stereocenters. The van der Waals surface area contributed by atoms with E-state index in [-0.39, 0.29) is 36.9 Å². The SMILES string of the molecule is COc1ccc(CNC(=O)c2ccc(OC)c(CN3CC(=O)N4CCCC4C3=O)c2)cc1. The van der Waals surface area contributed by atoms with Gasteiger partial charge in [0.15, 0.2) is 0 Å². The molecule has 2 aromatic rings. The number of nitrogens with one attached hydrogen (secondary N) is 1. The second-order valence-electron chi connectivity index (χ2n) is 8.00. The molecule has 4 rings (SSSR count). The first-order valence-electron chi connectivity index (χ1n) is 10.7. The van der Waals surface area contributed by atoms with Gasteiger partial charge in [-0.1, -0.05) is 12.1 Å². The summed E-state index contributed by atoms with van der Waals surface area (Å²) in [5.74, 6) is 1.03. The maximum atomic E-state index is 12.9. The van der Waals surface area contributed by atoms with Crippen LogP contribution in [0.4, 0.5) is 0 Å². The van der Waals surface area contributed by atoms with Crippen LogP contribution in [-0.2, 0) is 22.7 Å². The number of hydrogen-bond acceptors (Lipinski definition) is 5. The molecule has 32 heavy (non-hydrogen) atoms. The number of methoxy groups -OCH3 is 2. The highest BCUT2D eigenvalue weighted by Crippen LogP contribution is 2.27. The zero-order chi connectivity index (χ0) is 22.7. The summed E-state index contributed by atoms with van der Waals surface area (Å²) in [6.45, 7) is 1.29. The van der Waals surface area contributed by atoms with Crippen LogP contribution in [-0.4, -0.2) is 60.9 Å². The molecule has 2 saturated heterocycles. The van der Waals surface area contributed by atoms with Gasteiger partial charge in [0.25, 0.3) is 5.91 Å². The normalized spacial score (nSPS) is 17.9. The van der Waals surface area contributed by atoms with Crippen LogP contribution in [0.25, 0.3) is 0 Å². The molecule has 0 saturated carbocycles. The van der Waals surface area contributed by atoms with Gasteiger partial charge in [0.2, 0.25) is 11.8 Å². The number of piperazine rings is 1. The summed E-state index contributed by atoms with van der Waals surface area (Å²) >= 11 is 0. The molecule has 8 nitrogen and oxygen atoms in total. The van der Waals surface area contributed by atoms with Crippen LogP contribution < -0.4 is 14.8 Å². The van der Waals surface area contributed by atoms with Crippen LogP contribution in [0.3, 0.4) is 0 Å². The molecule has 1 N–H and O–H groups in total. The van der Waals surface area contributed by atoms with Crippen molar-refractivity contribution in [2.75, 3.05) is 27.3 Å². The van der Waals surface area contributed by atoms with Gasteiger partial charge in [0.1, 0.15) is 24.1 Å². The smallest absolute Gasteiger partial charge is 0.251 e. The van der Waals surface area contributed by atoms with Crippen molar-refractivity contribution in [1.82, 2.24) is 15.1 Å². The highest BCUT2D eigenvalue weighted by Gasteiger charge is 2.41. The van der Waals surface area contributed by atoms with E-state index in [1.54, 1.807) is 42.2 Å². The molecule has 2 heterocycles. The third kappa shape index (κ3) is 4.39. The Morgan fingerprint density at radius 2 is 1.88 bits per heavy atom. The van der Waals surface area contributed by atoms with Crippen molar-refractivity contribution in [3.63, 3.8) is 0 Å². The van der Waals surface area contributed by atoms with Crippen molar-refractivity contribution in [3.05, 3.63) is 59.2 Å². The minimum Gasteiger partial charge on any atom is -0.497 e. The Hall–Kier alpha value is -3.55. The number of rotatable bonds is 7. The number of fused-ring (bicyclic) bond motifs is 1. The maximum absolute atomic E-state index is 12.9. The third-order valence-electron chi connectivity index (χ3n) is 6.01. The van der Waals surface area contributed by atoms with Crippen molar-refractivity contribution in [3.8, 4) is 11.5 Å². The van der Waals surface area contributed by atoms with Crippen molar-refractivity contribution in [2.24, 2.45) is 0 Å². The maximum Gasteiger partial charge on any atom is 0.251 e. The van der Waals surface area contributed by atoms with Crippen molar-refractivity contribution in [2.45, 2.75) is 32.0 Å². The lowest BCUT2D eigenvalue weighted by Gasteiger charge is -2.36. The fourth-order valence-electron chi connectivity index (χ4n) is 4.28. The second-order valence-corrected chi connectivity index (χ2v) is 8.00. The van der Waals surface area contributed by atoms with Crippen LogP contribution in [0.15, 0.2) is 42.5 Å². The molecule has 0 bridgehead atoms. The first-order chi connectivity index (χ1) is 15.5. The molecule has 0 radical (unpaired) electrons. The molecule has 0 aliphatic carbocycles. The summed E-state index contributed by atoms with van der Waals surface area (Å²) < 4.78 is 10.6. The van der Waals surface area contributed by atoms with E-state index < -0.39 is 0 Å². The van der Waals surface area contributed by atoms with E-state index in [2.05, 4.69) is 5.32 Å². The van der Waals surface area contributed by atoms with Crippen LogP contribution in [0.2, 0.25) is 0 Å². The number of benzene rings is 2. The second kappa shape index (κ2) is 9.30. The Bertz CT molecular complexity index is 1020. The summed E-state index contributed by atoms with van der Waals surface area (Å²) in [6, 6.07) is 12.2. The average molecular weight is 437 g/mol. The Morgan fingerprint density at radius 3 is 2.59 bits per heavy atom. The van der Waals surface area contributed by atoms with E-state index in [1.165, 1.54) is 0 Å². The Balaban J connectivity index is 1.46. The van der Waals surface area contributed by atoms with Crippen molar-refractivity contribution in [1.29, 1.82) is 0 Å². The Kier molecular flexibility index (Phi) is 6.30. The predicted molar refractivity (Wildman–Crippen MR) is 117 cm³/mol. The molecular weight excluding hydrogens is 410 g/mol. The van der Waals surface area contributed by atoms with Gasteiger partial charge in [-0.25, -0.2) is 0 Å². The first-order valence-corrected chi connectivity index (χ1v) is 10.7. The molecular formula is C24H27N3O5. The lowest BCUT2D eigenvalue weighted by molar-refractivity contribution is -0.154. The van der Waals surface area contributed by atoms with E-state index in [9.17, 15) is 14.4 Å². The van der Waals surface area contributed by atoms with Crippen molar-refractivity contribution >= 4 is 17.7 Å². The van der Waals surface area contributed by atoms with Gasteiger partial charge in [-0.2, -0.15) is 0 Å². The quantitative estimate of drug-likeness (QED) is 0.716. The van der Waals surface area contributed by atoms with E-state index >= 15 is 0 Å². The molecule has 2 fully saturated rings. The lowest BCUT2D eigenvalue weighted by atomic mass is 10.1. The topological polar surface area (TPSA) is 88.2 Å². The molecule has 8 heteroatoms. The van der Waals surface area contributed by atoms with E-state index in [0.717, 1.165) is 17.7 Å². The fraction of sp³-hybridized carbons (Fsp3) is 0.375. The number of amides is 3. The number of ether oxygens (including phenoxy) is 2. The zero-order valence-electron chi connectivity index (χ0n) is 18.3. The van der Waals surface area contributed by atoms with Crippen LogP contribution in [0.1, 0.15) is 34.3 Å². The molecule has 3 amide bonds. The zero-order valence-corrected chi connectivity index (χ0v) is 18.3. The molecule has 2 aliphatic rings. The highest BCUT2D eigenvalue weighted by molar-refractivity contribution is 5.96. The average Bonchev–Trinajstić information content (AvgIpc) is 3.32. The largest absolute Gasteiger partial charge is 0.497 e. The first kappa shape index (κ1) is 21.7.